The molecule has 8 aromatic rings. The maximum atomic E-state index is 4.86. The number of benzene rings is 2. The van der Waals surface area contributed by atoms with E-state index in [-0.39, 0.29) is 0 Å². The smallest absolute Gasteiger partial charge is 0.0915 e. The third-order valence-corrected chi connectivity index (χ3v) is 8.25. The second-order valence-electron chi connectivity index (χ2n) is 11.9. The fraction of sp³-hybridized carbons (Fsp3) is 0.0233. The first-order valence-corrected chi connectivity index (χ1v) is 16.6. The number of hydrogen-bond acceptors (Lipinski definition) is 8. The van der Waals surface area contributed by atoms with E-state index in [2.05, 4.69) is 79.1 Å². The zero-order valence-corrected chi connectivity index (χ0v) is 27.6. The van der Waals surface area contributed by atoms with E-state index in [0.29, 0.717) is 0 Å². The van der Waals surface area contributed by atoms with Crippen molar-refractivity contribution in [3.8, 4) is 45.6 Å². The van der Waals surface area contributed by atoms with Crippen LogP contribution in [0.5, 0.6) is 0 Å². The topological polar surface area (TPSA) is 101 Å². The normalized spacial score (nSPS) is 10.8. The average Bonchev–Trinajstić information content (AvgIpc) is 3.20. The molecule has 8 heteroatoms. The van der Waals surface area contributed by atoms with Crippen molar-refractivity contribution in [2.24, 2.45) is 0 Å². The minimum atomic E-state index is 0.780. The first-order valence-electron chi connectivity index (χ1n) is 16.6. The summed E-state index contributed by atoms with van der Waals surface area (Å²) in [6.07, 6.45) is 7.92. The molecule has 0 radical (unpaired) electrons. The van der Waals surface area contributed by atoms with E-state index in [0.717, 1.165) is 74.7 Å². The molecule has 0 fully saturated rings. The molecule has 2 N–H and O–H groups in total. The molecule has 0 spiro atoms. The van der Waals surface area contributed by atoms with Gasteiger partial charge in [0.1, 0.15) is 0 Å². The lowest BCUT2D eigenvalue weighted by molar-refractivity contribution is 1.19. The van der Waals surface area contributed by atoms with Crippen molar-refractivity contribution in [1.82, 2.24) is 29.9 Å². The van der Waals surface area contributed by atoms with E-state index < -0.39 is 0 Å². The van der Waals surface area contributed by atoms with Gasteiger partial charge in [-0.05, 0) is 115 Å². The Morgan fingerprint density at radius 3 is 0.902 bits per heavy atom. The van der Waals surface area contributed by atoms with Crippen LogP contribution in [0.4, 0.5) is 22.7 Å². The van der Waals surface area contributed by atoms with Crippen molar-refractivity contribution < 1.29 is 0 Å². The Morgan fingerprint density at radius 2 is 0.627 bits per heavy atom. The van der Waals surface area contributed by atoms with Crippen LogP contribution in [0.25, 0.3) is 45.6 Å². The Morgan fingerprint density at radius 1 is 0.314 bits per heavy atom. The number of nitrogens with one attached hydrogen (secondary N) is 2. The van der Waals surface area contributed by atoms with Gasteiger partial charge in [-0.15, -0.1) is 0 Å². The summed E-state index contributed by atoms with van der Waals surface area (Å²) in [6.45, 7) is 0. The molecule has 0 unspecified atom stereocenters. The van der Waals surface area contributed by atoms with Crippen molar-refractivity contribution >= 4 is 22.7 Å². The van der Waals surface area contributed by atoms with Crippen LogP contribution in [0, 0.1) is 0 Å². The molecule has 51 heavy (non-hydrogen) atoms. The third-order valence-electron chi connectivity index (χ3n) is 8.25. The maximum absolute atomic E-state index is 4.86. The highest BCUT2D eigenvalue weighted by molar-refractivity contribution is 5.74. The highest BCUT2D eigenvalue weighted by Crippen LogP contribution is 2.29. The molecule has 6 heterocycles. The molecule has 0 aliphatic heterocycles. The zero-order chi connectivity index (χ0) is 34.2. The molecule has 0 saturated heterocycles. The summed E-state index contributed by atoms with van der Waals surface area (Å²) in [5, 5.41) is 7.12. The number of anilines is 4. The first kappa shape index (κ1) is 31.2. The molecule has 244 valence electrons. The van der Waals surface area contributed by atoms with Crippen LogP contribution in [0.3, 0.4) is 0 Å². The van der Waals surface area contributed by atoms with E-state index >= 15 is 0 Å². The van der Waals surface area contributed by atoms with Gasteiger partial charge in [0, 0.05) is 47.5 Å². The average molecular weight is 661 g/mol. The second kappa shape index (κ2) is 14.6. The quantitative estimate of drug-likeness (QED) is 0.150. The number of pyridine rings is 6. The number of aromatic nitrogens is 6. The Balaban J connectivity index is 0.970. The number of nitrogens with zero attached hydrogens (tertiary/aromatic N) is 6. The summed E-state index contributed by atoms with van der Waals surface area (Å²) < 4.78 is 0. The van der Waals surface area contributed by atoms with E-state index in [9.17, 15) is 0 Å². The van der Waals surface area contributed by atoms with Gasteiger partial charge in [0.05, 0.1) is 45.6 Å². The van der Waals surface area contributed by atoms with Gasteiger partial charge < -0.3 is 10.6 Å². The van der Waals surface area contributed by atoms with Crippen LogP contribution in [0.15, 0.2) is 170 Å². The van der Waals surface area contributed by atoms with Crippen LogP contribution in [-0.4, -0.2) is 29.9 Å². The summed E-state index contributed by atoms with van der Waals surface area (Å²) in [4.78, 5) is 27.8. The minimum Gasteiger partial charge on any atom is -0.355 e. The fourth-order valence-electron chi connectivity index (χ4n) is 5.77. The van der Waals surface area contributed by atoms with E-state index in [1.807, 2.05) is 97.1 Å². The highest BCUT2D eigenvalue weighted by Gasteiger charge is 2.11. The van der Waals surface area contributed by atoms with Crippen molar-refractivity contribution in [3.63, 3.8) is 0 Å². The lowest BCUT2D eigenvalue weighted by atomic mass is 10.0. The molecule has 2 aromatic carbocycles. The maximum Gasteiger partial charge on any atom is 0.0915 e. The number of hydrogen-bond donors (Lipinski definition) is 2. The van der Waals surface area contributed by atoms with Crippen molar-refractivity contribution in [2.45, 2.75) is 6.42 Å². The van der Waals surface area contributed by atoms with Gasteiger partial charge in [0.15, 0.2) is 0 Å². The van der Waals surface area contributed by atoms with Gasteiger partial charge in [0.25, 0.3) is 0 Å². The molecular weight excluding hydrogens is 629 g/mol. The first-order chi connectivity index (χ1) is 25.2. The zero-order valence-electron chi connectivity index (χ0n) is 27.6. The van der Waals surface area contributed by atoms with E-state index in [1.165, 1.54) is 11.1 Å². The van der Waals surface area contributed by atoms with Gasteiger partial charge in [-0.1, -0.05) is 48.5 Å². The summed E-state index contributed by atoms with van der Waals surface area (Å²) in [5.74, 6) is 0. The molecule has 0 aliphatic rings. The Hall–Kier alpha value is -7.06. The predicted molar refractivity (Wildman–Crippen MR) is 204 cm³/mol. The second-order valence-corrected chi connectivity index (χ2v) is 11.9. The molecule has 0 saturated carbocycles. The number of rotatable bonds is 10. The molecule has 0 amide bonds. The lowest BCUT2D eigenvalue weighted by Crippen LogP contribution is -1.98. The SMILES string of the molecule is c1ccc(-c2cc(Nc3ccc(Cc4ccc(Nc5cc(-c6ccccn6)nc(-c6ccccn6)c5)cc4)cc3)cc(-c3ccccn3)n2)nc1. The molecule has 0 aliphatic carbocycles. The summed E-state index contributed by atoms with van der Waals surface area (Å²) in [7, 11) is 0. The van der Waals surface area contributed by atoms with Crippen LogP contribution in [0.2, 0.25) is 0 Å². The molecule has 6 aromatic heterocycles. The summed E-state index contributed by atoms with van der Waals surface area (Å²) in [6, 6.07) is 48.4. The molecule has 8 nitrogen and oxygen atoms in total. The van der Waals surface area contributed by atoms with E-state index in [4.69, 9.17) is 9.97 Å². The fourth-order valence-corrected chi connectivity index (χ4v) is 5.77. The largest absolute Gasteiger partial charge is 0.355 e. The summed E-state index contributed by atoms with van der Waals surface area (Å²) >= 11 is 0. The third kappa shape index (κ3) is 7.66. The molecule has 8 rings (SSSR count). The molecular formula is C43H32N8. The Bertz CT molecular complexity index is 2070. The van der Waals surface area contributed by atoms with Gasteiger partial charge in [-0.3, -0.25) is 19.9 Å². The Kier molecular flexibility index (Phi) is 8.93. The van der Waals surface area contributed by atoms with Gasteiger partial charge in [0.2, 0.25) is 0 Å². The lowest BCUT2D eigenvalue weighted by Gasteiger charge is -2.12. The molecule has 0 bridgehead atoms. The predicted octanol–water partition coefficient (Wildman–Crippen LogP) is 9.80. The highest BCUT2D eigenvalue weighted by atomic mass is 14.9. The minimum absolute atomic E-state index is 0.780. The van der Waals surface area contributed by atoms with Crippen LogP contribution in [0.1, 0.15) is 11.1 Å². The van der Waals surface area contributed by atoms with Crippen molar-refractivity contribution in [1.29, 1.82) is 0 Å². The molecule has 0 atom stereocenters. The van der Waals surface area contributed by atoms with Crippen molar-refractivity contribution in [3.05, 3.63) is 182 Å². The van der Waals surface area contributed by atoms with Crippen molar-refractivity contribution in [2.75, 3.05) is 10.6 Å². The van der Waals surface area contributed by atoms with Crippen LogP contribution < -0.4 is 10.6 Å². The van der Waals surface area contributed by atoms with Gasteiger partial charge >= 0.3 is 0 Å². The van der Waals surface area contributed by atoms with Crippen LogP contribution in [-0.2, 0) is 6.42 Å². The monoisotopic (exact) mass is 660 g/mol. The standard InChI is InChI=1S/C43H32N8/c1-5-21-44-36(9-1)40-26-34(27-41(50-40)37-10-2-6-22-45-37)48-32-17-13-30(14-18-32)25-31-15-19-33(20-16-31)49-35-28-42(38-11-3-7-23-46-38)51-43(29-35)39-12-4-8-24-47-39/h1-24,26-29H,25H2,(H,48,50)(H,49,51). The van der Waals surface area contributed by atoms with E-state index in [1.54, 1.807) is 24.8 Å². The van der Waals surface area contributed by atoms with Gasteiger partial charge in [-0.2, -0.15) is 0 Å². The summed E-state index contributed by atoms with van der Waals surface area (Å²) in [5.41, 5.74) is 12.6. The Labute approximate surface area is 296 Å². The van der Waals surface area contributed by atoms with Gasteiger partial charge in [-0.25, -0.2) is 9.97 Å². The van der Waals surface area contributed by atoms with Crippen LogP contribution >= 0.6 is 0 Å².